The number of nitrogens with one attached hydrogen (secondary N) is 1. The molecule has 1 aliphatic rings. The minimum atomic E-state index is -2.85. The number of hydrogen-bond donors (Lipinski definition) is 2. The van der Waals surface area contributed by atoms with Gasteiger partial charge in [0.25, 0.3) is 5.91 Å². The van der Waals surface area contributed by atoms with Gasteiger partial charge in [0.15, 0.2) is 10.9 Å². The first-order valence-corrected chi connectivity index (χ1v) is 5.81. The molecule has 5 nitrogen and oxygen atoms in total. The Labute approximate surface area is 81.2 Å². The summed E-state index contributed by atoms with van der Waals surface area (Å²) in [6, 6.07) is 2.75. The van der Waals surface area contributed by atoms with Gasteiger partial charge in [-0.05, 0) is 25.0 Å². The lowest BCUT2D eigenvalue weighted by atomic mass is 10.4. The van der Waals surface area contributed by atoms with Crippen LogP contribution in [0.25, 0.3) is 0 Å². The van der Waals surface area contributed by atoms with Crippen LogP contribution in [0.15, 0.2) is 21.6 Å². The third kappa shape index (κ3) is 1.41. The van der Waals surface area contributed by atoms with Crippen LogP contribution < -0.4 is 5.73 Å². The average molecular weight is 214 g/mol. The summed E-state index contributed by atoms with van der Waals surface area (Å²) in [5.74, 6) is -0.747. The molecular weight excluding hydrogens is 204 g/mol. The molecule has 14 heavy (non-hydrogen) atoms. The number of rotatable bonds is 3. The Hall–Kier alpha value is -1.30. The van der Waals surface area contributed by atoms with Crippen LogP contribution in [0, 0.1) is 4.78 Å². The second-order valence-corrected chi connectivity index (χ2v) is 5.55. The average Bonchev–Trinajstić information content (AvgIpc) is 2.82. The lowest BCUT2D eigenvalue weighted by molar-refractivity contribution is 0.0969. The molecule has 1 aliphatic carbocycles. The first-order chi connectivity index (χ1) is 6.51. The summed E-state index contributed by atoms with van der Waals surface area (Å²) in [7, 11) is -2.85. The van der Waals surface area contributed by atoms with E-state index in [9.17, 15) is 9.00 Å². The lowest BCUT2D eigenvalue weighted by Gasteiger charge is -1.99. The first-order valence-electron chi connectivity index (χ1n) is 4.19. The molecule has 1 aromatic heterocycles. The van der Waals surface area contributed by atoms with E-state index in [0.29, 0.717) is 0 Å². The van der Waals surface area contributed by atoms with Gasteiger partial charge in [-0.15, -0.1) is 0 Å². The summed E-state index contributed by atoms with van der Waals surface area (Å²) in [4.78, 5) is 10.7. The summed E-state index contributed by atoms with van der Waals surface area (Å²) < 4.78 is 24.4. The third-order valence-electron chi connectivity index (χ3n) is 2.12. The van der Waals surface area contributed by atoms with Crippen LogP contribution in [0.4, 0.5) is 0 Å². The molecule has 0 saturated heterocycles. The summed E-state index contributed by atoms with van der Waals surface area (Å²) in [6.07, 6.45) is 1.57. The van der Waals surface area contributed by atoms with Crippen LogP contribution in [0.3, 0.4) is 0 Å². The normalized spacial score (nSPS) is 20.3. The molecule has 0 aliphatic heterocycles. The second-order valence-electron chi connectivity index (χ2n) is 3.28. The Kier molecular flexibility index (Phi) is 1.88. The van der Waals surface area contributed by atoms with Gasteiger partial charge in [0.05, 0.1) is 5.25 Å². The summed E-state index contributed by atoms with van der Waals surface area (Å²) >= 11 is 0. The number of amides is 1. The molecule has 1 saturated carbocycles. The maximum Gasteiger partial charge on any atom is 0.284 e. The highest BCUT2D eigenvalue weighted by atomic mass is 32.2. The molecule has 1 unspecified atom stereocenters. The van der Waals surface area contributed by atoms with E-state index in [1.54, 1.807) is 0 Å². The molecule has 2 rings (SSSR count). The zero-order chi connectivity index (χ0) is 10.3. The fraction of sp³-hybridized carbons (Fsp3) is 0.375. The fourth-order valence-corrected chi connectivity index (χ4v) is 2.79. The van der Waals surface area contributed by atoms with E-state index in [1.165, 1.54) is 12.1 Å². The van der Waals surface area contributed by atoms with Crippen LogP contribution in [0.2, 0.25) is 0 Å². The zero-order valence-corrected chi connectivity index (χ0v) is 8.17. The van der Waals surface area contributed by atoms with Crippen molar-refractivity contribution in [2.24, 2.45) is 5.73 Å². The van der Waals surface area contributed by atoms with Crippen LogP contribution in [-0.2, 0) is 9.73 Å². The minimum absolute atomic E-state index is 0.0411. The van der Waals surface area contributed by atoms with Gasteiger partial charge in [-0.2, -0.15) is 0 Å². The maximum absolute atomic E-state index is 11.8. The van der Waals surface area contributed by atoms with Crippen LogP contribution in [0.5, 0.6) is 0 Å². The first kappa shape index (κ1) is 9.26. The predicted molar refractivity (Wildman–Crippen MR) is 49.4 cm³/mol. The van der Waals surface area contributed by atoms with E-state index >= 15 is 0 Å². The van der Waals surface area contributed by atoms with E-state index in [2.05, 4.69) is 0 Å². The van der Waals surface area contributed by atoms with Crippen molar-refractivity contribution in [1.82, 2.24) is 0 Å². The van der Waals surface area contributed by atoms with Crippen molar-refractivity contribution in [3.63, 3.8) is 0 Å². The maximum atomic E-state index is 11.8. The van der Waals surface area contributed by atoms with Gasteiger partial charge in [0.1, 0.15) is 9.73 Å². The predicted octanol–water partition coefficient (Wildman–Crippen LogP) is 0.947. The summed E-state index contributed by atoms with van der Waals surface area (Å²) in [5.41, 5.74) is 4.98. The van der Waals surface area contributed by atoms with E-state index in [1.807, 2.05) is 0 Å². The molecule has 1 fully saturated rings. The number of carbonyl (C=O) groups excluding carboxylic acids is 1. The highest BCUT2D eigenvalue weighted by molar-refractivity contribution is 7.93. The SMILES string of the molecule is N=S(=O)(c1ccc(C(N)=O)o1)C1CC1. The van der Waals surface area contributed by atoms with Crippen molar-refractivity contribution < 1.29 is 13.4 Å². The number of carbonyl (C=O) groups is 1. The molecule has 1 aromatic rings. The molecule has 0 bridgehead atoms. The Morgan fingerprint density at radius 2 is 2.21 bits per heavy atom. The Balaban J connectivity index is 2.37. The lowest BCUT2D eigenvalue weighted by Crippen LogP contribution is -2.09. The Bertz CT molecular complexity index is 471. The van der Waals surface area contributed by atoms with Crippen LogP contribution in [-0.4, -0.2) is 15.4 Å². The molecule has 1 atom stereocenters. The minimum Gasteiger partial charge on any atom is -0.441 e. The molecule has 1 heterocycles. The topological polar surface area (TPSA) is 97.1 Å². The van der Waals surface area contributed by atoms with E-state index in [-0.39, 0.29) is 16.1 Å². The Morgan fingerprint density at radius 3 is 2.64 bits per heavy atom. The summed E-state index contributed by atoms with van der Waals surface area (Å²) in [6.45, 7) is 0. The standard InChI is InChI=1S/C8H10N2O3S/c9-8(11)6-3-4-7(13-6)14(10,12)5-1-2-5/h3-5,10H,1-2H2,(H2,9,11). The fourth-order valence-electron chi connectivity index (χ4n) is 1.18. The van der Waals surface area contributed by atoms with Crippen molar-refractivity contribution in [3.8, 4) is 0 Å². The van der Waals surface area contributed by atoms with Crippen molar-refractivity contribution in [3.05, 3.63) is 17.9 Å². The highest BCUT2D eigenvalue weighted by Crippen LogP contribution is 2.34. The van der Waals surface area contributed by atoms with Crippen molar-refractivity contribution in [2.45, 2.75) is 23.2 Å². The van der Waals surface area contributed by atoms with E-state index in [0.717, 1.165) is 12.8 Å². The van der Waals surface area contributed by atoms with Gasteiger partial charge >= 0.3 is 0 Å². The highest BCUT2D eigenvalue weighted by Gasteiger charge is 2.35. The largest absolute Gasteiger partial charge is 0.441 e. The van der Waals surface area contributed by atoms with Gasteiger partial charge in [-0.25, -0.2) is 8.99 Å². The van der Waals surface area contributed by atoms with E-state index in [4.69, 9.17) is 14.9 Å². The van der Waals surface area contributed by atoms with Gasteiger partial charge in [0, 0.05) is 0 Å². The number of nitrogens with two attached hydrogens (primary N) is 1. The van der Waals surface area contributed by atoms with Gasteiger partial charge in [-0.1, -0.05) is 0 Å². The van der Waals surface area contributed by atoms with E-state index < -0.39 is 15.6 Å². The zero-order valence-electron chi connectivity index (χ0n) is 7.36. The van der Waals surface area contributed by atoms with Crippen LogP contribution in [0.1, 0.15) is 23.4 Å². The van der Waals surface area contributed by atoms with Crippen LogP contribution >= 0.6 is 0 Å². The molecule has 0 spiro atoms. The molecular formula is C8H10N2O3S. The number of hydrogen-bond acceptors (Lipinski definition) is 4. The molecule has 0 aromatic carbocycles. The number of primary amides is 1. The van der Waals surface area contributed by atoms with Crippen molar-refractivity contribution >= 4 is 15.6 Å². The van der Waals surface area contributed by atoms with Gasteiger partial charge in [0.2, 0.25) is 0 Å². The molecule has 1 amide bonds. The molecule has 76 valence electrons. The van der Waals surface area contributed by atoms with Gasteiger partial charge in [-0.3, -0.25) is 4.79 Å². The monoisotopic (exact) mass is 214 g/mol. The Morgan fingerprint density at radius 1 is 1.57 bits per heavy atom. The summed E-state index contributed by atoms with van der Waals surface area (Å²) in [5, 5.41) is -0.0526. The molecule has 0 radical (unpaired) electrons. The smallest absolute Gasteiger partial charge is 0.284 e. The third-order valence-corrected chi connectivity index (χ3v) is 4.34. The molecule has 3 N–H and O–H groups in total. The van der Waals surface area contributed by atoms with Crippen molar-refractivity contribution in [2.75, 3.05) is 0 Å². The van der Waals surface area contributed by atoms with Crippen molar-refractivity contribution in [1.29, 1.82) is 4.78 Å². The van der Waals surface area contributed by atoms with Gasteiger partial charge < -0.3 is 10.2 Å². The quantitative estimate of drug-likeness (QED) is 0.783. The number of furan rings is 1. The second kappa shape index (κ2) is 2.84. The molecule has 6 heteroatoms.